The van der Waals surface area contributed by atoms with Gasteiger partial charge in [0.2, 0.25) is 5.91 Å². The molecule has 0 aliphatic heterocycles. The fourth-order valence-corrected chi connectivity index (χ4v) is 4.93. The van der Waals surface area contributed by atoms with Crippen molar-refractivity contribution in [2.75, 3.05) is 0 Å². The van der Waals surface area contributed by atoms with E-state index in [4.69, 9.17) is 0 Å². The topological polar surface area (TPSA) is 66.4 Å². The van der Waals surface area contributed by atoms with E-state index in [1.165, 1.54) is 19.3 Å². The van der Waals surface area contributed by atoms with E-state index in [1.807, 2.05) is 13.8 Å². The predicted molar refractivity (Wildman–Crippen MR) is 79.6 cm³/mol. The van der Waals surface area contributed by atoms with Crippen LogP contribution in [0.2, 0.25) is 0 Å². The van der Waals surface area contributed by atoms with Crippen LogP contribution in [0.25, 0.3) is 0 Å². The second-order valence-corrected chi connectivity index (χ2v) is 7.98. The monoisotopic (exact) mass is 293 g/mol. The third-order valence-corrected chi connectivity index (χ3v) is 6.78. The van der Waals surface area contributed by atoms with Crippen LogP contribution in [0.1, 0.15) is 52.9 Å². The molecule has 0 bridgehead atoms. The molecule has 4 heteroatoms. The van der Waals surface area contributed by atoms with E-state index in [1.54, 1.807) is 0 Å². The molecule has 2 N–H and O–H groups in total. The Bertz CT molecular complexity index is 449. The van der Waals surface area contributed by atoms with Crippen LogP contribution in [0.5, 0.6) is 0 Å². The Morgan fingerprint density at radius 2 is 1.71 bits per heavy atom. The van der Waals surface area contributed by atoms with Crippen LogP contribution in [-0.4, -0.2) is 23.0 Å². The van der Waals surface area contributed by atoms with Gasteiger partial charge in [0.05, 0.1) is 5.92 Å². The lowest BCUT2D eigenvalue weighted by Crippen LogP contribution is -2.52. The molecule has 3 aliphatic carbocycles. The molecule has 0 heterocycles. The van der Waals surface area contributed by atoms with Gasteiger partial charge in [0.1, 0.15) is 0 Å². The maximum atomic E-state index is 12.4. The normalized spacial score (nSPS) is 44.0. The molecule has 118 valence electrons. The molecule has 0 aromatic carbocycles. The zero-order valence-corrected chi connectivity index (χ0v) is 13.3. The summed E-state index contributed by atoms with van der Waals surface area (Å²) in [6.07, 6.45) is 5.17. The third-order valence-electron chi connectivity index (χ3n) is 6.78. The third kappa shape index (κ3) is 2.36. The zero-order chi connectivity index (χ0) is 15.4. The number of rotatable bonds is 3. The van der Waals surface area contributed by atoms with Gasteiger partial charge in [-0.25, -0.2) is 0 Å². The molecule has 3 rings (SSSR count). The van der Waals surface area contributed by atoms with E-state index in [2.05, 4.69) is 12.2 Å². The van der Waals surface area contributed by atoms with E-state index in [9.17, 15) is 14.7 Å². The minimum absolute atomic E-state index is 0.129. The van der Waals surface area contributed by atoms with Crippen molar-refractivity contribution in [2.24, 2.45) is 35.0 Å². The highest BCUT2D eigenvalue weighted by Gasteiger charge is 2.57. The average molecular weight is 293 g/mol. The van der Waals surface area contributed by atoms with Gasteiger partial charge in [-0.1, -0.05) is 27.2 Å². The van der Waals surface area contributed by atoms with Crippen LogP contribution in [-0.2, 0) is 9.59 Å². The molecular formula is C17H27NO3. The van der Waals surface area contributed by atoms with Crippen molar-refractivity contribution in [3.8, 4) is 0 Å². The van der Waals surface area contributed by atoms with Crippen LogP contribution >= 0.6 is 0 Å². The van der Waals surface area contributed by atoms with Crippen molar-refractivity contribution in [1.82, 2.24) is 5.32 Å². The highest BCUT2D eigenvalue weighted by Crippen LogP contribution is 2.57. The van der Waals surface area contributed by atoms with Gasteiger partial charge in [-0.15, -0.1) is 0 Å². The van der Waals surface area contributed by atoms with E-state index in [0.29, 0.717) is 18.3 Å². The average Bonchev–Trinajstić information content (AvgIpc) is 2.88. The number of carboxylic acids is 1. The van der Waals surface area contributed by atoms with Crippen LogP contribution in [0.4, 0.5) is 0 Å². The van der Waals surface area contributed by atoms with Gasteiger partial charge in [0, 0.05) is 12.0 Å². The van der Waals surface area contributed by atoms with Crippen LogP contribution in [0.3, 0.4) is 0 Å². The lowest BCUT2D eigenvalue weighted by atomic mass is 9.61. The summed E-state index contributed by atoms with van der Waals surface area (Å²) in [7, 11) is 0. The molecule has 0 aromatic heterocycles. The standard InChI is InChI=1S/C17H27NO3/c1-9-13(8-7-12(16(20)21)17(9,2)3)18-15(19)14-10-5-4-6-11(10)14/h9-14H,4-8H2,1-3H3,(H,18,19)(H,20,21). The Hall–Kier alpha value is -1.06. The fourth-order valence-electron chi connectivity index (χ4n) is 4.93. The van der Waals surface area contributed by atoms with Crippen LogP contribution in [0, 0.1) is 35.0 Å². The molecule has 0 aromatic rings. The van der Waals surface area contributed by atoms with Gasteiger partial charge in [-0.2, -0.15) is 0 Å². The van der Waals surface area contributed by atoms with Crippen molar-refractivity contribution in [2.45, 2.75) is 58.9 Å². The largest absolute Gasteiger partial charge is 0.481 e. The maximum Gasteiger partial charge on any atom is 0.307 e. The van der Waals surface area contributed by atoms with Gasteiger partial charge in [0.25, 0.3) is 0 Å². The van der Waals surface area contributed by atoms with Crippen molar-refractivity contribution in [3.05, 3.63) is 0 Å². The van der Waals surface area contributed by atoms with Crippen LogP contribution in [0.15, 0.2) is 0 Å². The first-order chi connectivity index (χ1) is 9.84. The van der Waals surface area contributed by atoms with Gasteiger partial charge in [-0.05, 0) is 48.9 Å². The minimum atomic E-state index is -0.701. The molecule has 3 saturated carbocycles. The summed E-state index contributed by atoms with van der Waals surface area (Å²) in [6, 6.07) is 0.129. The fraction of sp³-hybridized carbons (Fsp3) is 0.882. The zero-order valence-electron chi connectivity index (χ0n) is 13.3. The molecule has 5 unspecified atom stereocenters. The van der Waals surface area contributed by atoms with Crippen molar-refractivity contribution >= 4 is 11.9 Å². The summed E-state index contributed by atoms with van der Waals surface area (Å²) in [5.74, 6) is 0.953. The molecule has 0 spiro atoms. The van der Waals surface area contributed by atoms with E-state index < -0.39 is 5.97 Å². The summed E-state index contributed by atoms with van der Waals surface area (Å²) < 4.78 is 0. The highest BCUT2D eigenvalue weighted by molar-refractivity contribution is 5.82. The predicted octanol–water partition coefficient (Wildman–Crippen LogP) is 2.67. The van der Waals surface area contributed by atoms with Crippen molar-refractivity contribution < 1.29 is 14.7 Å². The van der Waals surface area contributed by atoms with Gasteiger partial charge < -0.3 is 10.4 Å². The molecule has 0 saturated heterocycles. The number of carbonyl (C=O) groups is 2. The Morgan fingerprint density at radius 3 is 2.29 bits per heavy atom. The molecule has 3 aliphatic rings. The molecule has 1 amide bonds. The number of aliphatic carboxylic acids is 1. The quantitative estimate of drug-likeness (QED) is 0.840. The smallest absolute Gasteiger partial charge is 0.307 e. The Morgan fingerprint density at radius 1 is 1.10 bits per heavy atom. The summed E-state index contributed by atoms with van der Waals surface area (Å²) >= 11 is 0. The summed E-state index contributed by atoms with van der Waals surface area (Å²) in [4.78, 5) is 23.8. The number of carboxylic acid groups (broad SMARTS) is 1. The summed E-state index contributed by atoms with van der Waals surface area (Å²) in [6.45, 7) is 6.15. The van der Waals surface area contributed by atoms with Crippen molar-refractivity contribution in [1.29, 1.82) is 0 Å². The Labute approximate surface area is 126 Å². The first kappa shape index (κ1) is 14.9. The summed E-state index contributed by atoms with van der Waals surface area (Å²) in [5, 5.41) is 12.6. The Balaban J connectivity index is 1.62. The first-order valence-electron chi connectivity index (χ1n) is 8.37. The van der Waals surface area contributed by atoms with Crippen LogP contribution < -0.4 is 5.32 Å². The van der Waals surface area contributed by atoms with E-state index in [0.717, 1.165) is 6.42 Å². The highest BCUT2D eigenvalue weighted by atomic mass is 16.4. The second kappa shape index (κ2) is 4.99. The van der Waals surface area contributed by atoms with E-state index in [-0.39, 0.29) is 35.1 Å². The summed E-state index contributed by atoms with van der Waals surface area (Å²) in [5.41, 5.74) is -0.276. The SMILES string of the molecule is CC1C(NC(=O)C2C3CCCC32)CCC(C(=O)O)C1(C)C. The van der Waals surface area contributed by atoms with Gasteiger partial charge >= 0.3 is 5.97 Å². The molecule has 5 atom stereocenters. The number of hydrogen-bond acceptors (Lipinski definition) is 2. The number of amides is 1. The Kier molecular flexibility index (Phi) is 3.53. The molecule has 3 fully saturated rings. The molecule has 4 nitrogen and oxygen atoms in total. The number of carbonyl (C=O) groups excluding carboxylic acids is 1. The molecule has 0 radical (unpaired) electrons. The number of hydrogen-bond donors (Lipinski definition) is 2. The molecular weight excluding hydrogens is 266 g/mol. The minimum Gasteiger partial charge on any atom is -0.481 e. The number of nitrogens with one attached hydrogen (secondary N) is 1. The number of fused-ring (bicyclic) bond motifs is 1. The van der Waals surface area contributed by atoms with Crippen molar-refractivity contribution in [3.63, 3.8) is 0 Å². The lowest BCUT2D eigenvalue weighted by Gasteiger charge is -2.46. The lowest BCUT2D eigenvalue weighted by molar-refractivity contribution is -0.150. The van der Waals surface area contributed by atoms with E-state index >= 15 is 0 Å². The van der Waals surface area contributed by atoms with Gasteiger partial charge in [-0.3, -0.25) is 9.59 Å². The van der Waals surface area contributed by atoms with Gasteiger partial charge in [0.15, 0.2) is 0 Å². The maximum absolute atomic E-state index is 12.4. The second-order valence-electron chi connectivity index (χ2n) is 7.98. The molecule has 21 heavy (non-hydrogen) atoms. The first-order valence-corrected chi connectivity index (χ1v) is 8.37.